The predicted molar refractivity (Wildman–Crippen MR) is 78.9 cm³/mol. The van der Waals surface area contributed by atoms with Gasteiger partial charge in [0, 0.05) is 11.5 Å². The monoisotopic (exact) mass is 265 g/mol. The lowest BCUT2D eigenvalue weighted by Crippen LogP contribution is -1.94. The summed E-state index contributed by atoms with van der Waals surface area (Å²) in [6.07, 6.45) is 0. The van der Waals surface area contributed by atoms with Crippen molar-refractivity contribution in [1.29, 1.82) is 0 Å². The molecule has 0 aliphatic heterocycles. The summed E-state index contributed by atoms with van der Waals surface area (Å²) in [5, 5.41) is 10.2. The third-order valence-electron chi connectivity index (χ3n) is 3.11. The van der Waals surface area contributed by atoms with E-state index in [-0.39, 0.29) is 6.61 Å². The van der Waals surface area contributed by atoms with Gasteiger partial charge >= 0.3 is 0 Å². The molecule has 20 heavy (non-hydrogen) atoms. The van der Waals surface area contributed by atoms with E-state index in [9.17, 15) is 5.11 Å². The second-order valence-electron chi connectivity index (χ2n) is 4.71. The Hall–Kier alpha value is -2.39. The van der Waals surface area contributed by atoms with Crippen LogP contribution in [0.3, 0.4) is 0 Å². The number of para-hydroxylation sites is 1. The minimum Gasteiger partial charge on any atom is -0.457 e. The molecule has 2 aromatic carbocycles. The molecule has 0 fully saturated rings. The van der Waals surface area contributed by atoms with E-state index in [1.165, 1.54) is 0 Å². The van der Waals surface area contributed by atoms with E-state index in [0.29, 0.717) is 11.4 Å². The van der Waals surface area contributed by atoms with E-state index >= 15 is 0 Å². The predicted octanol–water partition coefficient (Wildman–Crippen LogP) is 3.83. The summed E-state index contributed by atoms with van der Waals surface area (Å²) < 4.78 is 5.96. The number of ether oxygens (including phenoxy) is 1. The van der Waals surface area contributed by atoms with Crippen molar-refractivity contribution in [3.8, 4) is 11.5 Å². The Labute approximate surface area is 117 Å². The molecule has 0 saturated carbocycles. The topological polar surface area (TPSA) is 42.4 Å². The number of rotatable bonds is 3. The number of aliphatic hydroxyl groups is 1. The standard InChI is InChI=1S/C17H15NO2/c1-12-5-4-6-14(9-12)20-17-10-13(11-19)18-16-8-3-2-7-15(16)17/h2-10,19H,11H2,1H3. The van der Waals surface area contributed by atoms with Crippen LogP contribution in [0.2, 0.25) is 0 Å². The van der Waals surface area contributed by atoms with Gasteiger partial charge in [-0.2, -0.15) is 0 Å². The molecule has 0 saturated heterocycles. The number of aliphatic hydroxyl groups excluding tert-OH is 1. The maximum atomic E-state index is 9.31. The molecule has 0 aliphatic rings. The van der Waals surface area contributed by atoms with Crippen LogP contribution in [0.15, 0.2) is 54.6 Å². The first kappa shape index (κ1) is 12.6. The quantitative estimate of drug-likeness (QED) is 0.782. The molecule has 1 heterocycles. The lowest BCUT2D eigenvalue weighted by atomic mass is 10.2. The molecule has 3 rings (SSSR count). The SMILES string of the molecule is Cc1cccc(Oc2cc(CO)nc3ccccc23)c1. The Morgan fingerprint density at radius 2 is 1.90 bits per heavy atom. The Morgan fingerprint density at radius 1 is 1.05 bits per heavy atom. The Bertz CT molecular complexity index is 753. The maximum absolute atomic E-state index is 9.31. The van der Waals surface area contributed by atoms with Gasteiger partial charge in [-0.15, -0.1) is 0 Å². The highest BCUT2D eigenvalue weighted by Gasteiger charge is 2.07. The normalized spacial score (nSPS) is 10.7. The summed E-state index contributed by atoms with van der Waals surface area (Å²) in [5.74, 6) is 1.50. The fourth-order valence-corrected chi connectivity index (χ4v) is 2.17. The summed E-state index contributed by atoms with van der Waals surface area (Å²) >= 11 is 0. The molecule has 3 nitrogen and oxygen atoms in total. The van der Waals surface area contributed by atoms with Crippen LogP contribution in [-0.4, -0.2) is 10.1 Å². The molecule has 1 N–H and O–H groups in total. The molecule has 100 valence electrons. The number of pyridine rings is 1. The molecule has 0 unspecified atom stereocenters. The van der Waals surface area contributed by atoms with Crippen molar-refractivity contribution < 1.29 is 9.84 Å². The van der Waals surface area contributed by atoms with Crippen LogP contribution in [0.1, 0.15) is 11.3 Å². The van der Waals surface area contributed by atoms with Crippen molar-refractivity contribution >= 4 is 10.9 Å². The van der Waals surface area contributed by atoms with Gasteiger partial charge in [0.15, 0.2) is 0 Å². The van der Waals surface area contributed by atoms with Crippen molar-refractivity contribution in [2.75, 3.05) is 0 Å². The molecule has 3 aromatic rings. The van der Waals surface area contributed by atoms with Crippen LogP contribution >= 0.6 is 0 Å². The Balaban J connectivity index is 2.10. The first-order valence-electron chi connectivity index (χ1n) is 6.50. The number of aryl methyl sites for hydroxylation is 1. The number of hydrogen-bond donors (Lipinski definition) is 1. The Morgan fingerprint density at radius 3 is 2.70 bits per heavy atom. The molecule has 0 bridgehead atoms. The highest BCUT2D eigenvalue weighted by atomic mass is 16.5. The van der Waals surface area contributed by atoms with Crippen molar-refractivity contribution in [3.05, 3.63) is 65.9 Å². The van der Waals surface area contributed by atoms with Crippen molar-refractivity contribution in [2.45, 2.75) is 13.5 Å². The number of benzene rings is 2. The second-order valence-corrected chi connectivity index (χ2v) is 4.71. The number of hydrogen-bond acceptors (Lipinski definition) is 3. The number of aromatic nitrogens is 1. The van der Waals surface area contributed by atoms with E-state index in [1.54, 1.807) is 6.07 Å². The lowest BCUT2D eigenvalue weighted by molar-refractivity contribution is 0.277. The van der Waals surface area contributed by atoms with Crippen LogP contribution in [-0.2, 0) is 6.61 Å². The van der Waals surface area contributed by atoms with Crippen molar-refractivity contribution in [1.82, 2.24) is 4.98 Å². The zero-order chi connectivity index (χ0) is 13.9. The summed E-state index contributed by atoms with van der Waals surface area (Å²) in [4.78, 5) is 4.38. The fraction of sp³-hybridized carbons (Fsp3) is 0.118. The van der Waals surface area contributed by atoms with Crippen LogP contribution in [0.25, 0.3) is 10.9 Å². The van der Waals surface area contributed by atoms with Crippen molar-refractivity contribution in [2.24, 2.45) is 0 Å². The van der Waals surface area contributed by atoms with Gasteiger partial charge in [0.25, 0.3) is 0 Å². The van der Waals surface area contributed by atoms with Crippen LogP contribution in [0, 0.1) is 6.92 Å². The zero-order valence-electron chi connectivity index (χ0n) is 11.2. The first-order chi connectivity index (χ1) is 9.76. The van der Waals surface area contributed by atoms with Crippen LogP contribution < -0.4 is 4.74 Å². The molecule has 0 atom stereocenters. The van der Waals surface area contributed by atoms with Crippen LogP contribution in [0.4, 0.5) is 0 Å². The molecule has 1 aromatic heterocycles. The van der Waals surface area contributed by atoms with Gasteiger partial charge in [-0.25, -0.2) is 0 Å². The van der Waals surface area contributed by atoms with E-state index in [1.807, 2.05) is 55.5 Å². The van der Waals surface area contributed by atoms with E-state index in [0.717, 1.165) is 22.2 Å². The van der Waals surface area contributed by atoms with Gasteiger partial charge in [0.05, 0.1) is 17.8 Å². The summed E-state index contributed by atoms with van der Waals surface area (Å²) in [7, 11) is 0. The summed E-state index contributed by atoms with van der Waals surface area (Å²) in [6.45, 7) is 1.92. The fourth-order valence-electron chi connectivity index (χ4n) is 2.17. The van der Waals surface area contributed by atoms with Gasteiger partial charge in [0.1, 0.15) is 11.5 Å². The maximum Gasteiger partial charge on any atom is 0.138 e. The third-order valence-corrected chi connectivity index (χ3v) is 3.11. The molecule has 0 aliphatic carbocycles. The molecular formula is C17H15NO2. The molecule has 0 radical (unpaired) electrons. The smallest absolute Gasteiger partial charge is 0.138 e. The van der Waals surface area contributed by atoms with Gasteiger partial charge < -0.3 is 9.84 Å². The molecular weight excluding hydrogens is 250 g/mol. The highest BCUT2D eigenvalue weighted by molar-refractivity contribution is 5.85. The Kier molecular flexibility index (Phi) is 3.35. The van der Waals surface area contributed by atoms with E-state index in [4.69, 9.17) is 4.74 Å². The average molecular weight is 265 g/mol. The third kappa shape index (κ3) is 2.49. The van der Waals surface area contributed by atoms with Gasteiger partial charge in [0.2, 0.25) is 0 Å². The van der Waals surface area contributed by atoms with E-state index < -0.39 is 0 Å². The van der Waals surface area contributed by atoms with Gasteiger partial charge in [-0.1, -0.05) is 24.3 Å². The number of fused-ring (bicyclic) bond motifs is 1. The summed E-state index contributed by atoms with van der Waals surface area (Å²) in [5.41, 5.74) is 2.57. The highest BCUT2D eigenvalue weighted by Crippen LogP contribution is 2.30. The average Bonchev–Trinajstić information content (AvgIpc) is 2.47. The van der Waals surface area contributed by atoms with Gasteiger partial charge in [-0.3, -0.25) is 4.98 Å². The molecule has 0 amide bonds. The summed E-state index contributed by atoms with van der Waals surface area (Å²) in [6, 6.07) is 17.4. The largest absolute Gasteiger partial charge is 0.457 e. The van der Waals surface area contributed by atoms with Crippen molar-refractivity contribution in [3.63, 3.8) is 0 Å². The second kappa shape index (κ2) is 5.31. The molecule has 0 spiro atoms. The number of nitrogens with zero attached hydrogens (tertiary/aromatic N) is 1. The minimum atomic E-state index is -0.102. The first-order valence-corrected chi connectivity index (χ1v) is 6.50. The lowest BCUT2D eigenvalue weighted by Gasteiger charge is -2.10. The van der Waals surface area contributed by atoms with E-state index in [2.05, 4.69) is 4.98 Å². The van der Waals surface area contributed by atoms with Crippen LogP contribution in [0.5, 0.6) is 11.5 Å². The zero-order valence-corrected chi connectivity index (χ0v) is 11.2. The molecule has 3 heteroatoms. The minimum absolute atomic E-state index is 0.102. The van der Waals surface area contributed by atoms with Gasteiger partial charge in [-0.05, 0) is 36.8 Å².